The molecule has 2 bridgehead atoms. The fourth-order valence-electron chi connectivity index (χ4n) is 4.79. The average Bonchev–Trinajstić information content (AvgIpc) is 2.66. The number of fused-ring (bicyclic) bond motifs is 4. The van der Waals surface area contributed by atoms with Crippen molar-refractivity contribution in [3.63, 3.8) is 0 Å². The highest BCUT2D eigenvalue weighted by atomic mass is 16.5. The first kappa shape index (κ1) is 15.9. The van der Waals surface area contributed by atoms with Crippen molar-refractivity contribution < 1.29 is 4.74 Å². The summed E-state index contributed by atoms with van der Waals surface area (Å²) in [6.07, 6.45) is 5.74. The number of pyridine rings is 1. The number of nitrogens with two attached hydrogens (primary N) is 1. The Labute approximate surface area is 144 Å². The molecule has 5 atom stereocenters. The lowest BCUT2D eigenvalue weighted by atomic mass is 9.72. The van der Waals surface area contributed by atoms with Gasteiger partial charge >= 0.3 is 0 Å². The highest BCUT2D eigenvalue weighted by Crippen LogP contribution is 2.42. The second kappa shape index (κ2) is 6.34. The van der Waals surface area contributed by atoms with E-state index in [0.717, 1.165) is 28.5 Å². The minimum Gasteiger partial charge on any atom is -0.497 e. The Kier molecular flexibility index (Phi) is 4.19. The van der Waals surface area contributed by atoms with Crippen LogP contribution in [0.4, 0.5) is 0 Å². The first-order valence-electron chi connectivity index (χ1n) is 9.13. The predicted molar refractivity (Wildman–Crippen MR) is 97.1 cm³/mol. The smallest absolute Gasteiger partial charge is 0.119 e. The largest absolute Gasteiger partial charge is 0.497 e. The Balaban J connectivity index is 1.68. The number of nitrogens with zero attached hydrogens (tertiary/aromatic N) is 2. The van der Waals surface area contributed by atoms with Crippen LogP contribution >= 0.6 is 0 Å². The van der Waals surface area contributed by atoms with Gasteiger partial charge in [-0.2, -0.15) is 0 Å². The summed E-state index contributed by atoms with van der Waals surface area (Å²) in [5.74, 6) is 2.57. The normalized spacial score (nSPS) is 30.5. The van der Waals surface area contributed by atoms with Gasteiger partial charge in [-0.3, -0.25) is 9.88 Å². The lowest BCUT2D eigenvalue weighted by molar-refractivity contribution is -0.0105. The summed E-state index contributed by atoms with van der Waals surface area (Å²) in [4.78, 5) is 7.12. The number of aromatic nitrogens is 1. The zero-order chi connectivity index (χ0) is 16.7. The van der Waals surface area contributed by atoms with Crippen LogP contribution in [-0.2, 0) is 0 Å². The van der Waals surface area contributed by atoms with E-state index in [2.05, 4.69) is 28.9 Å². The quantitative estimate of drug-likeness (QED) is 0.936. The third-order valence-corrected chi connectivity index (χ3v) is 6.22. The van der Waals surface area contributed by atoms with E-state index >= 15 is 0 Å². The molecule has 3 aliphatic heterocycles. The number of ether oxygens (including phenoxy) is 1. The summed E-state index contributed by atoms with van der Waals surface area (Å²) in [6.45, 7) is 4.74. The topological polar surface area (TPSA) is 51.4 Å². The molecule has 3 fully saturated rings. The van der Waals surface area contributed by atoms with Crippen molar-refractivity contribution in [1.29, 1.82) is 0 Å². The lowest BCUT2D eigenvalue weighted by Crippen LogP contribution is -2.56. The SMILES string of the molecule is CC[C@H]1CN2CC[C@H]1CC2[C@@H](N)c1ccnc2ccc(OC)cc12. The molecule has 4 heteroatoms. The monoisotopic (exact) mass is 325 g/mol. The molecule has 0 amide bonds. The van der Waals surface area contributed by atoms with Crippen molar-refractivity contribution >= 4 is 10.9 Å². The number of rotatable bonds is 4. The number of piperidine rings is 3. The van der Waals surface area contributed by atoms with Crippen molar-refractivity contribution in [2.45, 2.75) is 38.3 Å². The van der Waals surface area contributed by atoms with Gasteiger partial charge in [0.05, 0.1) is 12.6 Å². The highest BCUT2D eigenvalue weighted by molar-refractivity contribution is 5.84. The molecule has 0 radical (unpaired) electrons. The fraction of sp³-hybridized carbons (Fsp3) is 0.550. The molecule has 0 spiro atoms. The molecule has 3 aliphatic rings. The van der Waals surface area contributed by atoms with Gasteiger partial charge in [0.2, 0.25) is 0 Å². The summed E-state index contributed by atoms with van der Waals surface area (Å²) in [5.41, 5.74) is 8.98. The Morgan fingerprint density at radius 1 is 1.38 bits per heavy atom. The zero-order valence-electron chi connectivity index (χ0n) is 14.6. The van der Waals surface area contributed by atoms with Gasteiger partial charge in [0, 0.05) is 30.2 Å². The second-order valence-corrected chi connectivity index (χ2v) is 7.32. The van der Waals surface area contributed by atoms with Crippen LogP contribution in [0.2, 0.25) is 0 Å². The van der Waals surface area contributed by atoms with Crippen LogP contribution in [-0.4, -0.2) is 36.1 Å². The van der Waals surface area contributed by atoms with Crippen molar-refractivity contribution in [1.82, 2.24) is 9.88 Å². The first-order valence-corrected chi connectivity index (χ1v) is 9.13. The van der Waals surface area contributed by atoms with Crippen LogP contribution in [0.5, 0.6) is 5.75 Å². The fourth-order valence-corrected chi connectivity index (χ4v) is 4.79. The van der Waals surface area contributed by atoms with Gasteiger partial charge in [-0.05, 0) is 61.1 Å². The van der Waals surface area contributed by atoms with Crippen LogP contribution in [0.25, 0.3) is 10.9 Å². The minimum absolute atomic E-state index is 0.0308. The zero-order valence-corrected chi connectivity index (χ0v) is 14.6. The van der Waals surface area contributed by atoms with E-state index in [1.54, 1.807) is 7.11 Å². The molecule has 1 aromatic carbocycles. The van der Waals surface area contributed by atoms with Gasteiger partial charge in [0.25, 0.3) is 0 Å². The van der Waals surface area contributed by atoms with Crippen molar-refractivity contribution in [2.75, 3.05) is 20.2 Å². The maximum Gasteiger partial charge on any atom is 0.119 e. The number of hydrogen-bond donors (Lipinski definition) is 1. The summed E-state index contributed by atoms with van der Waals surface area (Å²) in [5, 5.41) is 1.12. The molecule has 5 rings (SSSR count). The molecule has 2 aromatic rings. The van der Waals surface area contributed by atoms with Gasteiger partial charge in [-0.25, -0.2) is 0 Å². The van der Waals surface area contributed by atoms with E-state index in [9.17, 15) is 0 Å². The first-order chi connectivity index (χ1) is 11.7. The molecule has 4 heterocycles. The van der Waals surface area contributed by atoms with E-state index in [-0.39, 0.29) is 6.04 Å². The van der Waals surface area contributed by atoms with Crippen LogP contribution in [0.3, 0.4) is 0 Å². The van der Waals surface area contributed by atoms with Crippen LogP contribution in [0.15, 0.2) is 30.5 Å². The average molecular weight is 325 g/mol. The van der Waals surface area contributed by atoms with Crippen LogP contribution in [0, 0.1) is 11.8 Å². The van der Waals surface area contributed by atoms with Crippen LogP contribution in [0.1, 0.15) is 37.8 Å². The third kappa shape index (κ3) is 2.58. The van der Waals surface area contributed by atoms with E-state index in [1.165, 1.54) is 37.9 Å². The molecule has 0 aliphatic carbocycles. The molecule has 1 aromatic heterocycles. The standard InChI is InChI=1S/C20H27N3O/c1-3-13-12-23-9-7-14(13)10-19(23)20(21)16-6-8-22-18-5-4-15(24-2)11-17(16)18/h4-6,8,11,13-14,19-20H,3,7,9-10,12,21H2,1-2H3/t13-,14-,19?,20-/m0/s1. The molecule has 3 saturated heterocycles. The summed E-state index contributed by atoms with van der Waals surface area (Å²) >= 11 is 0. The Morgan fingerprint density at radius 2 is 2.25 bits per heavy atom. The minimum atomic E-state index is 0.0308. The molecule has 4 nitrogen and oxygen atoms in total. The summed E-state index contributed by atoms with van der Waals surface area (Å²) < 4.78 is 5.40. The molecule has 2 unspecified atom stereocenters. The van der Waals surface area contributed by atoms with Gasteiger partial charge in [-0.15, -0.1) is 0 Å². The number of hydrogen-bond acceptors (Lipinski definition) is 4. The van der Waals surface area contributed by atoms with Crippen LogP contribution < -0.4 is 10.5 Å². The van der Waals surface area contributed by atoms with Crippen molar-refractivity contribution in [3.05, 3.63) is 36.0 Å². The molecular weight excluding hydrogens is 298 g/mol. The molecule has 2 N–H and O–H groups in total. The van der Waals surface area contributed by atoms with Crippen molar-refractivity contribution in [2.24, 2.45) is 17.6 Å². The summed E-state index contributed by atoms with van der Waals surface area (Å²) in [6, 6.07) is 8.62. The molecular formula is C20H27N3O. The van der Waals surface area contributed by atoms with E-state index in [1.807, 2.05) is 18.3 Å². The Hall–Kier alpha value is -1.65. The number of benzene rings is 1. The molecule has 128 valence electrons. The lowest BCUT2D eigenvalue weighted by Gasteiger charge is -2.51. The highest BCUT2D eigenvalue weighted by Gasteiger charge is 2.41. The van der Waals surface area contributed by atoms with E-state index in [4.69, 9.17) is 10.5 Å². The second-order valence-electron chi connectivity index (χ2n) is 7.32. The van der Waals surface area contributed by atoms with Gasteiger partial charge in [-0.1, -0.05) is 13.3 Å². The van der Waals surface area contributed by atoms with Crippen molar-refractivity contribution in [3.8, 4) is 5.75 Å². The molecule has 0 saturated carbocycles. The van der Waals surface area contributed by atoms with Gasteiger partial charge < -0.3 is 10.5 Å². The Bertz CT molecular complexity index is 732. The van der Waals surface area contributed by atoms with E-state index in [0.29, 0.717) is 6.04 Å². The van der Waals surface area contributed by atoms with Gasteiger partial charge in [0.15, 0.2) is 0 Å². The maximum atomic E-state index is 6.79. The maximum absolute atomic E-state index is 6.79. The Morgan fingerprint density at radius 3 is 2.96 bits per heavy atom. The van der Waals surface area contributed by atoms with Gasteiger partial charge in [0.1, 0.15) is 5.75 Å². The predicted octanol–water partition coefficient (Wildman–Crippen LogP) is 3.36. The van der Waals surface area contributed by atoms with E-state index < -0.39 is 0 Å². The third-order valence-electron chi connectivity index (χ3n) is 6.22. The molecule has 24 heavy (non-hydrogen) atoms. The number of methoxy groups -OCH3 is 1. The summed E-state index contributed by atoms with van der Waals surface area (Å²) in [7, 11) is 1.70.